The summed E-state index contributed by atoms with van der Waals surface area (Å²) < 4.78 is 5.47. The van der Waals surface area contributed by atoms with E-state index >= 15 is 0 Å². The largest absolute Gasteiger partial charge is 0.361 e. The number of nitrogens with zero attached hydrogens (tertiary/aromatic N) is 3. The fraction of sp³-hybridized carbons (Fsp3) is 0.381. The molecule has 6 heteroatoms. The van der Waals surface area contributed by atoms with Crippen molar-refractivity contribution in [3.05, 3.63) is 69.1 Å². The number of hydrogen-bond donors (Lipinski definition) is 1. The van der Waals surface area contributed by atoms with E-state index in [0.717, 1.165) is 65.5 Å². The van der Waals surface area contributed by atoms with E-state index in [1.165, 1.54) is 0 Å². The van der Waals surface area contributed by atoms with Crippen molar-refractivity contribution in [2.24, 2.45) is 0 Å². The number of aromatic amines is 1. The van der Waals surface area contributed by atoms with E-state index in [4.69, 9.17) is 4.52 Å². The molecule has 0 saturated heterocycles. The van der Waals surface area contributed by atoms with Gasteiger partial charge in [0.1, 0.15) is 17.3 Å². The third kappa shape index (κ3) is 3.57. The zero-order chi connectivity index (χ0) is 18.8. The van der Waals surface area contributed by atoms with Crippen LogP contribution in [-0.4, -0.2) is 26.6 Å². The van der Waals surface area contributed by atoms with Crippen molar-refractivity contribution in [3.63, 3.8) is 0 Å². The van der Waals surface area contributed by atoms with Gasteiger partial charge in [-0.15, -0.1) is 0 Å². The highest BCUT2D eigenvalue weighted by Gasteiger charge is 2.24. The van der Waals surface area contributed by atoms with Crippen molar-refractivity contribution in [2.75, 3.05) is 6.54 Å². The van der Waals surface area contributed by atoms with Crippen LogP contribution in [0.2, 0.25) is 0 Å². The Labute approximate surface area is 158 Å². The van der Waals surface area contributed by atoms with Crippen LogP contribution in [0.25, 0.3) is 11.3 Å². The second-order valence-electron chi connectivity index (χ2n) is 7.08. The molecule has 0 amide bonds. The summed E-state index contributed by atoms with van der Waals surface area (Å²) in [5, 5.41) is 4.26. The molecule has 3 aromatic rings. The summed E-state index contributed by atoms with van der Waals surface area (Å²) in [6.07, 6.45) is 2.58. The molecule has 1 N–H and O–H groups in total. The Bertz CT molecular complexity index is 991. The lowest BCUT2D eigenvalue weighted by Gasteiger charge is -2.27. The highest BCUT2D eigenvalue weighted by atomic mass is 16.5. The Morgan fingerprint density at radius 3 is 2.85 bits per heavy atom. The highest BCUT2D eigenvalue weighted by Crippen LogP contribution is 2.27. The third-order valence-electron chi connectivity index (χ3n) is 5.10. The van der Waals surface area contributed by atoms with Gasteiger partial charge in [0.05, 0.1) is 11.3 Å². The number of nitrogens with one attached hydrogen (secondary N) is 1. The first-order valence-corrected chi connectivity index (χ1v) is 9.49. The molecule has 6 nitrogen and oxygen atoms in total. The molecular formula is C21H24N4O2. The summed E-state index contributed by atoms with van der Waals surface area (Å²) >= 11 is 0. The molecule has 3 heterocycles. The molecule has 0 saturated carbocycles. The molecule has 27 heavy (non-hydrogen) atoms. The fourth-order valence-corrected chi connectivity index (χ4v) is 3.65. The molecular weight excluding hydrogens is 340 g/mol. The van der Waals surface area contributed by atoms with E-state index in [9.17, 15) is 4.79 Å². The van der Waals surface area contributed by atoms with Gasteiger partial charge in [-0.05, 0) is 13.3 Å². The SMILES string of the molecule is CCCc1nc2c(c(=O)[nH]1)CN(Cc1c(-c3ccccc3)noc1C)CC2. The molecule has 140 valence electrons. The standard InChI is InChI=1S/C21H24N4O2/c1-3-7-19-22-18-10-11-25(13-17(18)21(26)23-19)12-16-14(2)27-24-20(16)15-8-5-4-6-9-15/h4-6,8-9H,3,7,10-13H2,1-2H3,(H,22,23,26). The van der Waals surface area contributed by atoms with Crippen LogP contribution >= 0.6 is 0 Å². The summed E-state index contributed by atoms with van der Waals surface area (Å²) in [6, 6.07) is 10.1. The lowest BCUT2D eigenvalue weighted by Crippen LogP contribution is -2.36. The topological polar surface area (TPSA) is 75.0 Å². The van der Waals surface area contributed by atoms with Gasteiger partial charge in [-0.1, -0.05) is 42.4 Å². The molecule has 0 unspecified atom stereocenters. The van der Waals surface area contributed by atoms with E-state index in [0.29, 0.717) is 13.1 Å². The number of fused-ring (bicyclic) bond motifs is 1. The van der Waals surface area contributed by atoms with Crippen LogP contribution in [0.4, 0.5) is 0 Å². The molecule has 0 atom stereocenters. The van der Waals surface area contributed by atoms with Crippen LogP contribution < -0.4 is 5.56 Å². The van der Waals surface area contributed by atoms with Crippen LogP contribution in [0.1, 0.15) is 41.8 Å². The molecule has 0 aliphatic carbocycles. The van der Waals surface area contributed by atoms with Gasteiger partial charge >= 0.3 is 0 Å². The first-order valence-electron chi connectivity index (χ1n) is 9.49. The zero-order valence-corrected chi connectivity index (χ0v) is 15.8. The van der Waals surface area contributed by atoms with E-state index in [1.807, 2.05) is 37.3 Å². The Kier molecular flexibility index (Phi) is 4.90. The lowest BCUT2D eigenvalue weighted by molar-refractivity contribution is 0.240. The van der Waals surface area contributed by atoms with Crippen LogP contribution in [-0.2, 0) is 25.9 Å². The van der Waals surface area contributed by atoms with Gasteiger partial charge in [-0.2, -0.15) is 0 Å². The maximum absolute atomic E-state index is 12.5. The highest BCUT2D eigenvalue weighted by molar-refractivity contribution is 5.63. The Morgan fingerprint density at radius 2 is 2.07 bits per heavy atom. The summed E-state index contributed by atoms with van der Waals surface area (Å²) in [5.41, 5.74) is 4.74. The number of aromatic nitrogens is 3. The van der Waals surface area contributed by atoms with E-state index in [2.05, 4.69) is 26.9 Å². The minimum Gasteiger partial charge on any atom is -0.361 e. The van der Waals surface area contributed by atoms with Crippen LogP contribution in [0.3, 0.4) is 0 Å². The maximum Gasteiger partial charge on any atom is 0.255 e. The van der Waals surface area contributed by atoms with Crippen molar-refractivity contribution in [3.8, 4) is 11.3 Å². The Hall–Kier alpha value is -2.73. The molecule has 1 aliphatic heterocycles. The number of rotatable bonds is 5. The average molecular weight is 364 g/mol. The molecule has 0 bridgehead atoms. The Balaban J connectivity index is 1.58. The zero-order valence-electron chi connectivity index (χ0n) is 15.8. The Morgan fingerprint density at radius 1 is 1.26 bits per heavy atom. The van der Waals surface area contributed by atoms with Gasteiger partial charge in [0.2, 0.25) is 0 Å². The van der Waals surface area contributed by atoms with E-state index < -0.39 is 0 Å². The second kappa shape index (κ2) is 7.48. The van der Waals surface area contributed by atoms with Crippen molar-refractivity contribution in [1.82, 2.24) is 20.0 Å². The van der Waals surface area contributed by atoms with Gasteiger partial charge in [0, 0.05) is 43.6 Å². The van der Waals surface area contributed by atoms with Crippen LogP contribution in [0.15, 0.2) is 39.6 Å². The minimum atomic E-state index is -0.00141. The summed E-state index contributed by atoms with van der Waals surface area (Å²) in [4.78, 5) is 22.4. The molecule has 2 aromatic heterocycles. The smallest absolute Gasteiger partial charge is 0.255 e. The van der Waals surface area contributed by atoms with Gasteiger partial charge in [-0.25, -0.2) is 4.98 Å². The molecule has 4 rings (SSSR count). The predicted octanol–water partition coefficient (Wildman–Crippen LogP) is 3.24. The normalized spacial score (nSPS) is 14.3. The van der Waals surface area contributed by atoms with Crippen molar-refractivity contribution < 1.29 is 4.52 Å². The predicted molar refractivity (Wildman–Crippen MR) is 103 cm³/mol. The van der Waals surface area contributed by atoms with E-state index in [1.54, 1.807) is 0 Å². The summed E-state index contributed by atoms with van der Waals surface area (Å²) in [7, 11) is 0. The van der Waals surface area contributed by atoms with Crippen LogP contribution in [0, 0.1) is 6.92 Å². The molecule has 0 spiro atoms. The molecule has 0 fully saturated rings. The number of benzene rings is 1. The third-order valence-corrected chi connectivity index (χ3v) is 5.10. The van der Waals surface area contributed by atoms with Gasteiger partial charge in [-0.3, -0.25) is 9.69 Å². The first-order chi connectivity index (χ1) is 13.2. The van der Waals surface area contributed by atoms with Crippen molar-refractivity contribution >= 4 is 0 Å². The number of aryl methyl sites for hydroxylation is 2. The van der Waals surface area contributed by atoms with Crippen molar-refractivity contribution in [1.29, 1.82) is 0 Å². The van der Waals surface area contributed by atoms with Crippen LogP contribution in [0.5, 0.6) is 0 Å². The second-order valence-corrected chi connectivity index (χ2v) is 7.08. The average Bonchev–Trinajstić information content (AvgIpc) is 3.04. The number of hydrogen-bond acceptors (Lipinski definition) is 5. The first kappa shape index (κ1) is 17.7. The van der Waals surface area contributed by atoms with Gasteiger partial charge in [0.15, 0.2) is 0 Å². The lowest BCUT2D eigenvalue weighted by atomic mass is 10.0. The maximum atomic E-state index is 12.5. The monoisotopic (exact) mass is 364 g/mol. The summed E-state index contributed by atoms with van der Waals surface area (Å²) in [6.45, 7) is 6.21. The molecule has 1 aliphatic rings. The summed E-state index contributed by atoms with van der Waals surface area (Å²) in [5.74, 6) is 1.63. The fourth-order valence-electron chi connectivity index (χ4n) is 3.65. The number of H-pyrrole nitrogens is 1. The molecule has 0 radical (unpaired) electrons. The quantitative estimate of drug-likeness (QED) is 0.752. The van der Waals surface area contributed by atoms with Gasteiger partial charge in [0.25, 0.3) is 5.56 Å². The molecule has 1 aromatic carbocycles. The van der Waals surface area contributed by atoms with Crippen molar-refractivity contribution in [2.45, 2.75) is 46.2 Å². The van der Waals surface area contributed by atoms with E-state index in [-0.39, 0.29) is 5.56 Å². The minimum absolute atomic E-state index is 0.00141. The van der Waals surface area contributed by atoms with Gasteiger partial charge < -0.3 is 9.51 Å².